The minimum Gasteiger partial charge on any atom is -0.490 e. The molecule has 2 atom stereocenters. The van der Waals surface area contributed by atoms with E-state index in [-0.39, 0.29) is 18.0 Å². The lowest BCUT2D eigenvalue weighted by Crippen LogP contribution is -2.26. The van der Waals surface area contributed by atoms with Crippen LogP contribution in [-0.2, 0) is 4.74 Å². The summed E-state index contributed by atoms with van der Waals surface area (Å²) in [7, 11) is 0. The topological polar surface area (TPSA) is 44.5 Å². The standard InChI is InChI=1S/C14H20FNO2/c1-10(16)13-6-5-11(15)8-14(13)18-9-12-4-2-3-7-17-12/h5-6,8,10,12H,2-4,7,9,16H2,1H3/t10-,12?/m0/s1. The van der Waals surface area contributed by atoms with Gasteiger partial charge in [-0.05, 0) is 32.3 Å². The first-order valence-corrected chi connectivity index (χ1v) is 6.46. The van der Waals surface area contributed by atoms with Gasteiger partial charge in [-0.15, -0.1) is 0 Å². The van der Waals surface area contributed by atoms with Gasteiger partial charge in [0.25, 0.3) is 0 Å². The van der Waals surface area contributed by atoms with E-state index in [2.05, 4.69) is 0 Å². The predicted molar refractivity (Wildman–Crippen MR) is 68.1 cm³/mol. The Kier molecular flexibility index (Phi) is 4.55. The van der Waals surface area contributed by atoms with Crippen LogP contribution in [0.4, 0.5) is 4.39 Å². The lowest BCUT2D eigenvalue weighted by molar-refractivity contribution is -0.0113. The highest BCUT2D eigenvalue weighted by Gasteiger charge is 2.16. The van der Waals surface area contributed by atoms with E-state index < -0.39 is 0 Å². The van der Waals surface area contributed by atoms with Gasteiger partial charge in [0, 0.05) is 24.3 Å². The zero-order chi connectivity index (χ0) is 13.0. The molecule has 1 saturated heterocycles. The third kappa shape index (κ3) is 3.43. The Labute approximate surface area is 107 Å². The molecule has 0 aromatic heterocycles. The van der Waals surface area contributed by atoms with Crippen molar-refractivity contribution in [1.29, 1.82) is 0 Å². The van der Waals surface area contributed by atoms with E-state index in [9.17, 15) is 4.39 Å². The highest BCUT2D eigenvalue weighted by molar-refractivity contribution is 5.36. The van der Waals surface area contributed by atoms with Gasteiger partial charge < -0.3 is 15.2 Å². The maximum Gasteiger partial charge on any atom is 0.127 e. The average molecular weight is 253 g/mol. The Morgan fingerprint density at radius 1 is 1.50 bits per heavy atom. The van der Waals surface area contributed by atoms with Crippen molar-refractivity contribution in [2.24, 2.45) is 5.73 Å². The Hall–Kier alpha value is -1.13. The second-order valence-corrected chi connectivity index (χ2v) is 4.77. The quantitative estimate of drug-likeness (QED) is 0.897. The van der Waals surface area contributed by atoms with Crippen molar-refractivity contribution in [3.8, 4) is 5.75 Å². The van der Waals surface area contributed by atoms with E-state index in [1.165, 1.54) is 12.1 Å². The fourth-order valence-electron chi connectivity index (χ4n) is 2.13. The van der Waals surface area contributed by atoms with Gasteiger partial charge >= 0.3 is 0 Å². The second-order valence-electron chi connectivity index (χ2n) is 4.77. The SMILES string of the molecule is C[C@H](N)c1ccc(F)cc1OCC1CCCCO1. The summed E-state index contributed by atoms with van der Waals surface area (Å²) in [6, 6.07) is 4.30. The number of benzene rings is 1. The molecule has 18 heavy (non-hydrogen) atoms. The van der Waals surface area contributed by atoms with E-state index in [4.69, 9.17) is 15.2 Å². The van der Waals surface area contributed by atoms with Crippen LogP contribution < -0.4 is 10.5 Å². The summed E-state index contributed by atoms with van der Waals surface area (Å²) in [5, 5.41) is 0. The molecule has 2 N–H and O–H groups in total. The first-order valence-electron chi connectivity index (χ1n) is 6.46. The predicted octanol–water partition coefficient (Wildman–Crippen LogP) is 2.79. The van der Waals surface area contributed by atoms with Crippen molar-refractivity contribution >= 4 is 0 Å². The fourth-order valence-corrected chi connectivity index (χ4v) is 2.13. The largest absolute Gasteiger partial charge is 0.490 e. The van der Waals surface area contributed by atoms with Crippen LogP contribution in [0.1, 0.15) is 37.8 Å². The molecule has 1 aromatic carbocycles. The zero-order valence-electron chi connectivity index (χ0n) is 10.7. The maximum absolute atomic E-state index is 13.2. The average Bonchev–Trinajstić information content (AvgIpc) is 2.37. The lowest BCUT2D eigenvalue weighted by Gasteiger charge is -2.23. The highest BCUT2D eigenvalue weighted by Crippen LogP contribution is 2.25. The van der Waals surface area contributed by atoms with Crippen LogP contribution in [0.3, 0.4) is 0 Å². The summed E-state index contributed by atoms with van der Waals surface area (Å²) < 4.78 is 24.5. The summed E-state index contributed by atoms with van der Waals surface area (Å²) in [5.41, 5.74) is 6.67. The normalized spacial score (nSPS) is 21.6. The number of ether oxygens (including phenoxy) is 2. The van der Waals surface area contributed by atoms with Crippen LogP contribution >= 0.6 is 0 Å². The zero-order valence-corrected chi connectivity index (χ0v) is 10.7. The molecule has 1 heterocycles. The van der Waals surface area contributed by atoms with Crippen molar-refractivity contribution in [2.45, 2.75) is 38.3 Å². The van der Waals surface area contributed by atoms with Gasteiger partial charge in [-0.25, -0.2) is 4.39 Å². The fraction of sp³-hybridized carbons (Fsp3) is 0.571. The Balaban J connectivity index is 2.00. The van der Waals surface area contributed by atoms with Crippen molar-refractivity contribution in [3.63, 3.8) is 0 Å². The van der Waals surface area contributed by atoms with Gasteiger partial charge in [0.2, 0.25) is 0 Å². The van der Waals surface area contributed by atoms with Crippen LogP contribution in [0.15, 0.2) is 18.2 Å². The van der Waals surface area contributed by atoms with E-state index in [0.717, 1.165) is 31.4 Å². The summed E-state index contributed by atoms with van der Waals surface area (Å²) in [6.07, 6.45) is 3.39. The summed E-state index contributed by atoms with van der Waals surface area (Å²) in [5.74, 6) is 0.220. The molecule has 4 heteroatoms. The first-order chi connectivity index (χ1) is 8.66. The van der Waals surface area contributed by atoms with Crippen LogP contribution in [-0.4, -0.2) is 19.3 Å². The number of halogens is 1. The van der Waals surface area contributed by atoms with Crippen LogP contribution in [0.5, 0.6) is 5.75 Å². The molecule has 3 nitrogen and oxygen atoms in total. The Bertz CT molecular complexity index is 389. The van der Waals surface area contributed by atoms with Gasteiger partial charge in [-0.2, -0.15) is 0 Å². The number of rotatable bonds is 4. The summed E-state index contributed by atoms with van der Waals surface area (Å²) >= 11 is 0. The second kappa shape index (κ2) is 6.16. The molecule has 1 aromatic rings. The molecule has 0 spiro atoms. The molecule has 1 aliphatic rings. The Morgan fingerprint density at radius 3 is 3.00 bits per heavy atom. The van der Waals surface area contributed by atoms with E-state index in [0.29, 0.717) is 12.4 Å². The van der Waals surface area contributed by atoms with Crippen molar-refractivity contribution in [2.75, 3.05) is 13.2 Å². The smallest absolute Gasteiger partial charge is 0.127 e. The van der Waals surface area contributed by atoms with Gasteiger partial charge in [0.1, 0.15) is 18.2 Å². The van der Waals surface area contributed by atoms with Crippen molar-refractivity contribution in [3.05, 3.63) is 29.6 Å². The summed E-state index contributed by atoms with van der Waals surface area (Å²) in [6.45, 7) is 3.11. The minimum absolute atomic E-state index is 0.114. The molecule has 0 aliphatic carbocycles. The first kappa shape index (κ1) is 13.3. The van der Waals surface area contributed by atoms with Crippen molar-refractivity contribution in [1.82, 2.24) is 0 Å². The molecule has 0 radical (unpaired) electrons. The molecule has 2 rings (SSSR count). The molecule has 1 fully saturated rings. The number of hydrogen-bond donors (Lipinski definition) is 1. The van der Waals surface area contributed by atoms with E-state index in [1.807, 2.05) is 6.92 Å². The van der Waals surface area contributed by atoms with E-state index in [1.54, 1.807) is 6.07 Å². The molecular formula is C14H20FNO2. The molecule has 100 valence electrons. The Morgan fingerprint density at radius 2 is 2.33 bits per heavy atom. The summed E-state index contributed by atoms with van der Waals surface area (Å²) in [4.78, 5) is 0. The van der Waals surface area contributed by atoms with Crippen LogP contribution in [0.2, 0.25) is 0 Å². The number of hydrogen-bond acceptors (Lipinski definition) is 3. The van der Waals surface area contributed by atoms with Gasteiger partial charge in [-0.1, -0.05) is 6.07 Å². The molecule has 1 unspecified atom stereocenters. The molecule has 1 aliphatic heterocycles. The monoisotopic (exact) mass is 253 g/mol. The third-order valence-corrected chi connectivity index (χ3v) is 3.16. The minimum atomic E-state index is -0.307. The van der Waals surface area contributed by atoms with Crippen LogP contribution in [0.25, 0.3) is 0 Å². The van der Waals surface area contributed by atoms with E-state index >= 15 is 0 Å². The maximum atomic E-state index is 13.2. The molecular weight excluding hydrogens is 233 g/mol. The molecule has 0 saturated carbocycles. The molecule has 0 bridgehead atoms. The lowest BCUT2D eigenvalue weighted by atomic mass is 10.1. The number of nitrogens with two attached hydrogens (primary N) is 1. The van der Waals surface area contributed by atoms with Gasteiger partial charge in [0.05, 0.1) is 6.10 Å². The van der Waals surface area contributed by atoms with Crippen molar-refractivity contribution < 1.29 is 13.9 Å². The molecule has 0 amide bonds. The van der Waals surface area contributed by atoms with Crippen LogP contribution in [0, 0.1) is 5.82 Å². The highest BCUT2D eigenvalue weighted by atomic mass is 19.1. The van der Waals surface area contributed by atoms with Gasteiger partial charge in [0.15, 0.2) is 0 Å². The van der Waals surface area contributed by atoms with Gasteiger partial charge in [-0.3, -0.25) is 0 Å². The third-order valence-electron chi connectivity index (χ3n) is 3.16.